The highest BCUT2D eigenvalue weighted by Gasteiger charge is 2.52. The van der Waals surface area contributed by atoms with Crippen LogP contribution in [0.15, 0.2) is 72.8 Å². The lowest BCUT2D eigenvalue weighted by Gasteiger charge is -2.32. The molecule has 0 unspecified atom stereocenters. The first-order chi connectivity index (χ1) is 28.9. The normalized spacial score (nSPS) is 16.9. The molecule has 7 rings (SSSR count). The molecule has 0 saturated carbocycles. The van der Waals surface area contributed by atoms with Gasteiger partial charge in [0.05, 0.1) is 22.6 Å². The number of amides is 2. The summed E-state index contributed by atoms with van der Waals surface area (Å²) in [5.41, 5.74) is 8.60. The number of hydrogen-bond acceptors (Lipinski definition) is 8. The first-order valence-corrected chi connectivity index (χ1v) is 21.7. The largest absolute Gasteiger partial charge is 0.495 e. The SMILES string of the molecule is CC(=O)OCc1c(B2OC(C)(C)C(C)(C)O2)cccc1N1CCc2cc(C(C)(C)C)ccc2C1=O.CC(=O)OCc1c(Cl)cccc1N1CCc2cc(C(C)(C)C)ccc2C1=O. The summed E-state index contributed by atoms with van der Waals surface area (Å²) in [5, 5.41) is 0.482. The molecule has 12 heteroatoms. The number of nitrogens with zero attached hydrogens (tertiary/aromatic N) is 2. The summed E-state index contributed by atoms with van der Waals surface area (Å²) in [6.07, 6.45) is 1.52. The number of fused-ring (bicyclic) bond motifs is 2. The number of carbonyl (C=O) groups excluding carboxylic acids is 4. The third-order valence-electron chi connectivity index (χ3n) is 12.3. The molecule has 10 nitrogen and oxygen atoms in total. The van der Waals surface area contributed by atoms with Crippen LogP contribution < -0.4 is 15.3 Å². The summed E-state index contributed by atoms with van der Waals surface area (Å²) < 4.78 is 23.2. The van der Waals surface area contributed by atoms with E-state index in [1.807, 2.05) is 76.2 Å². The Morgan fingerprint density at radius 3 is 1.52 bits per heavy atom. The fraction of sp³-hybridized carbons (Fsp3) is 0.440. The Hall–Kier alpha value is -4.97. The number of carbonyl (C=O) groups is 4. The van der Waals surface area contributed by atoms with Gasteiger partial charge in [-0.2, -0.15) is 0 Å². The first kappa shape index (κ1) is 46.5. The monoisotopic (exact) mass is 862 g/mol. The van der Waals surface area contributed by atoms with Crippen molar-refractivity contribution in [3.05, 3.63) is 122 Å². The van der Waals surface area contributed by atoms with E-state index in [2.05, 4.69) is 53.7 Å². The second-order valence-corrected chi connectivity index (χ2v) is 19.8. The minimum atomic E-state index is -0.632. The van der Waals surface area contributed by atoms with E-state index in [0.717, 1.165) is 35.0 Å². The molecule has 0 atom stereocenters. The molecule has 0 spiro atoms. The maximum Gasteiger partial charge on any atom is 0.495 e. The van der Waals surface area contributed by atoms with Crippen molar-refractivity contribution in [3.63, 3.8) is 0 Å². The van der Waals surface area contributed by atoms with Crippen LogP contribution in [-0.4, -0.2) is 55.2 Å². The Labute approximate surface area is 372 Å². The lowest BCUT2D eigenvalue weighted by atomic mass is 9.75. The number of benzene rings is 4. The average Bonchev–Trinajstić information content (AvgIpc) is 3.41. The van der Waals surface area contributed by atoms with Crippen molar-refractivity contribution in [2.24, 2.45) is 0 Å². The predicted molar refractivity (Wildman–Crippen MR) is 246 cm³/mol. The molecule has 4 aromatic rings. The number of halogens is 1. The first-order valence-electron chi connectivity index (χ1n) is 21.3. The molecule has 4 aromatic carbocycles. The van der Waals surface area contributed by atoms with E-state index in [4.69, 9.17) is 30.4 Å². The van der Waals surface area contributed by atoms with E-state index in [9.17, 15) is 19.2 Å². The highest BCUT2D eigenvalue weighted by atomic mass is 35.5. The Morgan fingerprint density at radius 2 is 1.08 bits per heavy atom. The number of anilines is 2. The van der Waals surface area contributed by atoms with E-state index in [1.165, 1.54) is 25.0 Å². The highest BCUT2D eigenvalue weighted by Crippen LogP contribution is 2.39. The molecule has 0 N–H and O–H groups in total. The van der Waals surface area contributed by atoms with E-state index in [0.29, 0.717) is 46.2 Å². The van der Waals surface area contributed by atoms with Gasteiger partial charge in [0.1, 0.15) is 13.2 Å². The summed E-state index contributed by atoms with van der Waals surface area (Å²) in [5.74, 6) is -0.875. The summed E-state index contributed by atoms with van der Waals surface area (Å²) in [4.78, 5) is 53.3. The van der Waals surface area contributed by atoms with Crippen molar-refractivity contribution < 1.29 is 38.0 Å². The molecule has 1 saturated heterocycles. The van der Waals surface area contributed by atoms with E-state index in [1.54, 1.807) is 21.9 Å². The molecule has 0 radical (unpaired) electrons. The quantitative estimate of drug-likeness (QED) is 0.134. The second-order valence-electron chi connectivity index (χ2n) is 19.4. The van der Waals surface area contributed by atoms with Crippen molar-refractivity contribution in [3.8, 4) is 0 Å². The van der Waals surface area contributed by atoms with Gasteiger partial charge < -0.3 is 28.6 Å². The number of ether oxygens (including phenoxy) is 2. The summed E-state index contributed by atoms with van der Waals surface area (Å²) in [7, 11) is -0.632. The van der Waals surface area contributed by atoms with Crippen LogP contribution in [0.25, 0.3) is 0 Å². The fourth-order valence-electron chi connectivity index (χ4n) is 7.85. The fourth-order valence-corrected chi connectivity index (χ4v) is 8.08. The molecule has 3 heterocycles. The van der Waals surface area contributed by atoms with Crippen molar-refractivity contribution in [2.75, 3.05) is 22.9 Å². The molecule has 328 valence electrons. The molecular formula is C50H60BClN2O8. The van der Waals surface area contributed by atoms with Gasteiger partial charge in [-0.15, -0.1) is 0 Å². The Balaban J connectivity index is 0.000000214. The summed E-state index contributed by atoms with van der Waals surface area (Å²) >= 11 is 6.32. The molecule has 0 bridgehead atoms. The van der Waals surface area contributed by atoms with Gasteiger partial charge in [0, 0.05) is 54.2 Å². The van der Waals surface area contributed by atoms with Crippen LogP contribution in [0.2, 0.25) is 5.02 Å². The zero-order valence-corrected chi connectivity index (χ0v) is 39.0. The van der Waals surface area contributed by atoms with Crippen LogP contribution in [0.3, 0.4) is 0 Å². The van der Waals surface area contributed by atoms with Gasteiger partial charge in [-0.3, -0.25) is 19.2 Å². The zero-order chi connectivity index (χ0) is 45.5. The van der Waals surface area contributed by atoms with Gasteiger partial charge in [0.25, 0.3) is 11.8 Å². The standard InChI is InChI=1S/C28H36BNO5.C22H24ClNO3/c1-18(31)33-17-22-23(29-34-27(5,6)28(7,8)35-29)10-9-11-24(22)30-15-14-19-16-20(26(2,3)4)12-13-21(19)25(30)32;1-14(25)27-13-18-19(23)6-5-7-20(18)24-11-10-15-12-16(22(2,3)4)8-9-17(15)21(24)26/h9-13,16H,14-15,17H2,1-8H3;5-9,12H,10-11,13H2,1-4H3. The molecule has 3 aliphatic heterocycles. The van der Waals surface area contributed by atoms with Crippen LogP contribution >= 0.6 is 11.6 Å². The van der Waals surface area contributed by atoms with Crippen molar-refractivity contribution in [1.29, 1.82) is 0 Å². The van der Waals surface area contributed by atoms with Crippen LogP contribution in [-0.2, 0) is 65.3 Å². The minimum absolute atomic E-state index is 0.0174. The second kappa shape index (κ2) is 17.7. The van der Waals surface area contributed by atoms with E-state index >= 15 is 0 Å². The highest BCUT2D eigenvalue weighted by molar-refractivity contribution is 6.62. The summed E-state index contributed by atoms with van der Waals surface area (Å²) in [6.45, 7) is 24.9. The van der Waals surface area contributed by atoms with Gasteiger partial charge in [-0.25, -0.2) is 0 Å². The van der Waals surface area contributed by atoms with Crippen molar-refractivity contribution in [1.82, 2.24) is 0 Å². The number of esters is 2. The number of hydrogen-bond donors (Lipinski definition) is 0. The molecule has 0 aliphatic carbocycles. The van der Waals surface area contributed by atoms with Crippen LogP contribution in [0, 0.1) is 0 Å². The lowest BCUT2D eigenvalue weighted by molar-refractivity contribution is -0.143. The predicted octanol–water partition coefficient (Wildman–Crippen LogP) is 9.45. The van der Waals surface area contributed by atoms with Crippen LogP contribution in [0.4, 0.5) is 11.4 Å². The Bertz CT molecular complexity index is 2380. The molecule has 3 aliphatic rings. The summed E-state index contributed by atoms with van der Waals surface area (Å²) in [6, 6.07) is 23.3. The average molecular weight is 863 g/mol. The Kier molecular flexibility index (Phi) is 13.3. The molecule has 0 aromatic heterocycles. The van der Waals surface area contributed by atoms with Gasteiger partial charge >= 0.3 is 19.1 Å². The third kappa shape index (κ3) is 9.80. The van der Waals surface area contributed by atoms with Crippen LogP contribution in [0.5, 0.6) is 0 Å². The minimum Gasteiger partial charge on any atom is -0.461 e. The van der Waals surface area contributed by atoms with Crippen molar-refractivity contribution in [2.45, 2.75) is 131 Å². The zero-order valence-electron chi connectivity index (χ0n) is 38.3. The maximum atomic E-state index is 13.7. The molecule has 62 heavy (non-hydrogen) atoms. The topological polar surface area (TPSA) is 112 Å². The number of rotatable bonds is 7. The molecule has 2 amide bonds. The Morgan fingerprint density at radius 1 is 0.661 bits per heavy atom. The molecular weight excluding hydrogens is 803 g/mol. The van der Waals surface area contributed by atoms with Gasteiger partial charge in [0.15, 0.2) is 0 Å². The van der Waals surface area contributed by atoms with Gasteiger partial charge in [0.2, 0.25) is 0 Å². The van der Waals surface area contributed by atoms with Crippen LogP contribution in [0.1, 0.15) is 137 Å². The maximum absolute atomic E-state index is 13.7. The van der Waals surface area contributed by atoms with E-state index in [-0.39, 0.29) is 47.8 Å². The lowest BCUT2D eigenvalue weighted by Crippen LogP contribution is -2.42. The smallest absolute Gasteiger partial charge is 0.461 e. The van der Waals surface area contributed by atoms with Gasteiger partial charge in [-0.05, 0) is 109 Å². The third-order valence-corrected chi connectivity index (χ3v) is 12.7. The van der Waals surface area contributed by atoms with Gasteiger partial charge in [-0.1, -0.05) is 95.6 Å². The van der Waals surface area contributed by atoms with Crippen molar-refractivity contribution >= 4 is 59.3 Å². The van der Waals surface area contributed by atoms with E-state index < -0.39 is 18.3 Å². The molecule has 1 fully saturated rings.